The number of ketones is 2. The van der Waals surface area contributed by atoms with Gasteiger partial charge in [0.15, 0.2) is 11.6 Å². The summed E-state index contributed by atoms with van der Waals surface area (Å²) in [7, 11) is 0. The minimum atomic E-state index is -0.472. The minimum absolute atomic E-state index is 0.0286. The fourth-order valence-electron chi connectivity index (χ4n) is 4.92. The molecule has 182 valence electrons. The molecule has 2 aromatic rings. The first-order valence-electron chi connectivity index (χ1n) is 11.8. The van der Waals surface area contributed by atoms with Crippen molar-refractivity contribution in [1.29, 1.82) is 0 Å². The number of rotatable bonds is 4. The molecule has 1 N–H and O–H groups in total. The van der Waals surface area contributed by atoms with E-state index >= 15 is 0 Å². The van der Waals surface area contributed by atoms with Crippen LogP contribution in [0.4, 0.5) is 5.69 Å². The molecule has 0 radical (unpaired) electrons. The Labute approximate surface area is 208 Å². The fraction of sp³-hybridized carbons (Fsp3) is 0.385. The molecule has 2 heterocycles. The second kappa shape index (κ2) is 9.53. The number of halogens is 1. The molecular weight excluding hydrogens is 470 g/mol. The van der Waals surface area contributed by atoms with Gasteiger partial charge in [0.05, 0.1) is 16.8 Å². The smallest absolute Gasteiger partial charge is 0.251 e. The third-order valence-electron chi connectivity index (χ3n) is 7.03. The standard InChI is InChI=1S/C26H26ClN3O5/c1-15(29-8-10-30(11-9-29)26(34)22-7-4-12-35-22)25(33)28-21-14-19-18(13-20(21)27)23(31)16-5-2-3-6-17(16)24(19)32/h2-3,5-6,13-15,22H,4,7-12H2,1H3,(H,28,33)/t15-,22+/m0/s1. The van der Waals surface area contributed by atoms with Crippen LogP contribution in [0.15, 0.2) is 36.4 Å². The van der Waals surface area contributed by atoms with E-state index < -0.39 is 6.04 Å². The van der Waals surface area contributed by atoms with Crippen LogP contribution < -0.4 is 5.32 Å². The van der Waals surface area contributed by atoms with Crippen LogP contribution >= 0.6 is 11.6 Å². The number of benzene rings is 2. The highest BCUT2D eigenvalue weighted by Crippen LogP contribution is 2.33. The number of anilines is 1. The first-order chi connectivity index (χ1) is 16.8. The van der Waals surface area contributed by atoms with Crippen LogP contribution in [0.1, 0.15) is 51.6 Å². The molecule has 2 saturated heterocycles. The highest BCUT2D eigenvalue weighted by Gasteiger charge is 2.34. The normalized spacial score (nSPS) is 20.9. The summed E-state index contributed by atoms with van der Waals surface area (Å²) in [6.45, 7) is 4.62. The van der Waals surface area contributed by atoms with E-state index in [0.29, 0.717) is 43.9 Å². The summed E-state index contributed by atoms with van der Waals surface area (Å²) in [5, 5.41) is 3.01. The number of ether oxygens (including phenoxy) is 1. The summed E-state index contributed by atoms with van der Waals surface area (Å²) in [6, 6.07) is 9.13. The summed E-state index contributed by atoms with van der Waals surface area (Å²) in [5.74, 6) is -0.789. The highest BCUT2D eigenvalue weighted by atomic mass is 35.5. The molecule has 8 nitrogen and oxygen atoms in total. The predicted molar refractivity (Wildman–Crippen MR) is 130 cm³/mol. The van der Waals surface area contributed by atoms with Crippen LogP contribution in [0.3, 0.4) is 0 Å². The van der Waals surface area contributed by atoms with Crippen LogP contribution in [0.25, 0.3) is 0 Å². The highest BCUT2D eigenvalue weighted by molar-refractivity contribution is 6.36. The first-order valence-corrected chi connectivity index (χ1v) is 12.2. The number of carbonyl (C=O) groups excluding carboxylic acids is 4. The SMILES string of the molecule is C[C@@H](C(=O)Nc1cc2c(cc1Cl)C(=O)c1ccccc1C2=O)N1CCN(C(=O)[C@H]2CCCO2)CC1. The summed E-state index contributed by atoms with van der Waals surface area (Å²) in [5.41, 5.74) is 1.44. The van der Waals surface area contributed by atoms with Crippen molar-refractivity contribution in [3.8, 4) is 0 Å². The van der Waals surface area contributed by atoms with Crippen molar-refractivity contribution in [3.05, 3.63) is 63.7 Å². The largest absolute Gasteiger partial charge is 0.368 e. The van der Waals surface area contributed by atoms with E-state index in [1.807, 2.05) is 4.90 Å². The van der Waals surface area contributed by atoms with Crippen molar-refractivity contribution < 1.29 is 23.9 Å². The van der Waals surface area contributed by atoms with Crippen molar-refractivity contribution >= 4 is 40.7 Å². The van der Waals surface area contributed by atoms with Gasteiger partial charge in [-0.25, -0.2) is 0 Å². The molecule has 5 rings (SSSR count). The number of hydrogen-bond acceptors (Lipinski definition) is 6. The van der Waals surface area contributed by atoms with E-state index in [0.717, 1.165) is 12.8 Å². The topological polar surface area (TPSA) is 96.0 Å². The number of nitrogens with one attached hydrogen (secondary N) is 1. The van der Waals surface area contributed by atoms with Crippen LogP contribution in [-0.4, -0.2) is 78.1 Å². The zero-order valence-corrected chi connectivity index (χ0v) is 20.1. The second-order valence-electron chi connectivity index (χ2n) is 9.11. The van der Waals surface area contributed by atoms with Crippen LogP contribution in [0, 0.1) is 0 Å². The molecule has 0 saturated carbocycles. The lowest BCUT2D eigenvalue weighted by Crippen LogP contribution is -2.55. The molecule has 0 unspecified atom stereocenters. The van der Waals surface area contributed by atoms with Gasteiger partial charge in [-0.2, -0.15) is 0 Å². The van der Waals surface area contributed by atoms with Gasteiger partial charge in [-0.05, 0) is 31.9 Å². The molecule has 2 fully saturated rings. The lowest BCUT2D eigenvalue weighted by atomic mass is 9.84. The van der Waals surface area contributed by atoms with Gasteiger partial charge in [0.25, 0.3) is 5.91 Å². The molecule has 2 amide bonds. The van der Waals surface area contributed by atoms with E-state index in [1.165, 1.54) is 12.1 Å². The number of carbonyl (C=O) groups is 4. The number of hydrogen-bond donors (Lipinski definition) is 1. The van der Waals surface area contributed by atoms with Crippen LogP contribution in [-0.2, 0) is 14.3 Å². The van der Waals surface area contributed by atoms with Gasteiger partial charge < -0.3 is 15.0 Å². The molecule has 2 aromatic carbocycles. The molecule has 1 aliphatic carbocycles. The van der Waals surface area contributed by atoms with Gasteiger partial charge in [0.2, 0.25) is 5.91 Å². The molecule has 0 bridgehead atoms. The Hall–Kier alpha value is -3.07. The van der Waals surface area contributed by atoms with E-state index in [2.05, 4.69) is 5.32 Å². The van der Waals surface area contributed by atoms with Crippen molar-refractivity contribution in [1.82, 2.24) is 9.80 Å². The third kappa shape index (κ3) is 4.37. The summed E-state index contributed by atoms with van der Waals surface area (Å²) >= 11 is 6.40. The molecule has 2 aliphatic heterocycles. The maximum Gasteiger partial charge on any atom is 0.251 e. The zero-order chi connectivity index (χ0) is 24.7. The molecular formula is C26H26ClN3O5. The molecule has 0 aromatic heterocycles. The average molecular weight is 496 g/mol. The molecule has 35 heavy (non-hydrogen) atoms. The van der Waals surface area contributed by atoms with E-state index in [4.69, 9.17) is 16.3 Å². The Balaban J connectivity index is 1.26. The average Bonchev–Trinajstić information content (AvgIpc) is 3.42. The van der Waals surface area contributed by atoms with E-state index in [1.54, 1.807) is 36.1 Å². The van der Waals surface area contributed by atoms with Gasteiger partial charge in [0, 0.05) is 55.0 Å². The van der Waals surface area contributed by atoms with Crippen molar-refractivity contribution in [3.63, 3.8) is 0 Å². The molecule has 3 aliphatic rings. The Morgan fingerprint density at radius 1 is 1.00 bits per heavy atom. The Bertz CT molecular complexity index is 1220. The fourth-order valence-corrected chi connectivity index (χ4v) is 5.13. The second-order valence-corrected chi connectivity index (χ2v) is 9.52. The lowest BCUT2D eigenvalue weighted by molar-refractivity contribution is -0.143. The molecule has 2 atom stereocenters. The molecule has 0 spiro atoms. The summed E-state index contributed by atoms with van der Waals surface area (Å²) < 4.78 is 5.50. The minimum Gasteiger partial charge on any atom is -0.368 e. The van der Waals surface area contributed by atoms with Gasteiger partial charge >= 0.3 is 0 Å². The lowest BCUT2D eigenvalue weighted by Gasteiger charge is -2.38. The number of piperazine rings is 1. The van der Waals surface area contributed by atoms with Gasteiger partial charge in [-0.3, -0.25) is 24.1 Å². The Kier molecular flexibility index (Phi) is 6.44. The van der Waals surface area contributed by atoms with E-state index in [-0.39, 0.29) is 51.3 Å². The monoisotopic (exact) mass is 495 g/mol. The zero-order valence-electron chi connectivity index (χ0n) is 19.4. The maximum atomic E-state index is 13.0. The summed E-state index contributed by atoms with van der Waals surface area (Å²) in [6.07, 6.45) is 1.33. The van der Waals surface area contributed by atoms with Gasteiger partial charge in [0.1, 0.15) is 6.10 Å². The van der Waals surface area contributed by atoms with Crippen molar-refractivity contribution in [2.24, 2.45) is 0 Å². The van der Waals surface area contributed by atoms with E-state index in [9.17, 15) is 19.2 Å². The molecule has 9 heteroatoms. The quantitative estimate of drug-likeness (QED) is 0.598. The number of fused-ring (bicyclic) bond motifs is 2. The number of amides is 2. The third-order valence-corrected chi connectivity index (χ3v) is 7.34. The first kappa shape index (κ1) is 23.7. The van der Waals surface area contributed by atoms with Crippen LogP contribution in [0.2, 0.25) is 5.02 Å². The summed E-state index contributed by atoms with van der Waals surface area (Å²) in [4.78, 5) is 55.3. The maximum absolute atomic E-state index is 13.0. The Morgan fingerprint density at radius 3 is 2.23 bits per heavy atom. The van der Waals surface area contributed by atoms with Gasteiger partial charge in [-0.1, -0.05) is 35.9 Å². The van der Waals surface area contributed by atoms with Crippen LogP contribution in [0.5, 0.6) is 0 Å². The number of nitrogens with zero attached hydrogens (tertiary/aromatic N) is 2. The van der Waals surface area contributed by atoms with Gasteiger partial charge in [-0.15, -0.1) is 0 Å². The Morgan fingerprint density at radius 2 is 1.63 bits per heavy atom. The predicted octanol–water partition coefficient (Wildman–Crippen LogP) is 2.77. The van der Waals surface area contributed by atoms with Crippen molar-refractivity contribution in [2.45, 2.75) is 31.9 Å². The van der Waals surface area contributed by atoms with Crippen molar-refractivity contribution in [2.75, 3.05) is 38.1 Å².